The Morgan fingerprint density at radius 1 is 0.855 bits per heavy atom. The van der Waals surface area contributed by atoms with Crippen LogP contribution in [0.1, 0.15) is 124 Å². The number of hydrogen-bond acceptors (Lipinski definition) is 19. The van der Waals surface area contributed by atoms with Crippen LogP contribution in [0, 0.1) is 0 Å². The highest BCUT2D eigenvalue weighted by Crippen LogP contribution is 2.52. The lowest BCUT2D eigenvalue weighted by Crippen LogP contribution is -2.55. The highest BCUT2D eigenvalue weighted by atomic mass is 16.7. The van der Waals surface area contributed by atoms with Crippen LogP contribution in [0.25, 0.3) is 0 Å². The van der Waals surface area contributed by atoms with Crippen LogP contribution >= 0.6 is 0 Å². The Morgan fingerprint density at radius 2 is 1.52 bits per heavy atom. The zero-order valence-corrected chi connectivity index (χ0v) is 37.9. The van der Waals surface area contributed by atoms with Crippen molar-refractivity contribution in [1.82, 2.24) is 5.32 Å². The molecule has 372 valence electrons. The summed E-state index contributed by atoms with van der Waals surface area (Å²) in [5, 5.41) is 92.1. The summed E-state index contributed by atoms with van der Waals surface area (Å²) in [6.07, 6.45) is -10.5. The summed E-state index contributed by atoms with van der Waals surface area (Å²) in [6.45, 7) is 0.352. The number of carbonyl (C=O) groups is 7. The second-order valence-electron chi connectivity index (χ2n) is 17.2. The van der Waals surface area contributed by atoms with Gasteiger partial charge in [0.2, 0.25) is 17.6 Å². The van der Waals surface area contributed by atoms with E-state index >= 15 is 0 Å². The molecule has 12 N–H and O–H groups in total. The largest absolute Gasteiger partial charge is 0.507 e. The van der Waals surface area contributed by atoms with E-state index < -0.39 is 131 Å². The third-order valence-corrected chi connectivity index (χ3v) is 12.7. The van der Waals surface area contributed by atoms with Crippen molar-refractivity contribution in [3.05, 3.63) is 69.3 Å². The number of methoxy groups -OCH3 is 2. The average molecular weight is 966 g/mol. The number of aliphatic hydroxyl groups is 5. The molecule has 6 rings (SSSR count). The van der Waals surface area contributed by atoms with Crippen molar-refractivity contribution in [3.8, 4) is 28.7 Å². The fraction of sp³-hybridized carbons (Fsp3) is 0.468. The Labute approximate surface area is 393 Å². The highest BCUT2D eigenvalue weighted by Gasteiger charge is 2.50. The first-order chi connectivity index (χ1) is 32.7. The van der Waals surface area contributed by atoms with Gasteiger partial charge in [-0.1, -0.05) is 12.1 Å². The predicted octanol–water partition coefficient (Wildman–Crippen LogP) is 0.632. The number of phenols is 3. The molecule has 3 aromatic carbocycles. The van der Waals surface area contributed by atoms with Gasteiger partial charge in [-0.2, -0.15) is 0 Å². The number of benzene rings is 3. The molecule has 1 aliphatic heterocycles. The molecule has 1 saturated heterocycles. The fourth-order valence-electron chi connectivity index (χ4n) is 8.98. The summed E-state index contributed by atoms with van der Waals surface area (Å²) in [6, 6.07) is 5.81. The van der Waals surface area contributed by atoms with Gasteiger partial charge in [0.15, 0.2) is 23.6 Å². The molecule has 1 fully saturated rings. The number of carbonyl (C=O) groups excluding carboxylic acids is 7. The van der Waals surface area contributed by atoms with Crippen molar-refractivity contribution < 1.29 is 93.4 Å². The number of amides is 3. The second kappa shape index (κ2) is 21.4. The first kappa shape index (κ1) is 51.9. The summed E-state index contributed by atoms with van der Waals surface area (Å²) in [5.74, 6) is -7.52. The number of fused-ring (bicyclic) bond motifs is 3. The average Bonchev–Trinajstić information content (AvgIpc) is 3.31. The van der Waals surface area contributed by atoms with Crippen LogP contribution in [0.5, 0.6) is 28.7 Å². The topological polar surface area (TPSA) is 368 Å². The normalized spacial score (nSPS) is 22.6. The maximum Gasteiger partial charge on any atom is 0.256 e. The van der Waals surface area contributed by atoms with Crippen molar-refractivity contribution >= 4 is 46.5 Å². The lowest BCUT2D eigenvalue weighted by molar-refractivity contribution is -0.249. The van der Waals surface area contributed by atoms with Gasteiger partial charge in [0.25, 0.3) is 5.91 Å². The Bertz CT molecular complexity index is 2550. The van der Waals surface area contributed by atoms with E-state index in [4.69, 9.17) is 24.7 Å². The van der Waals surface area contributed by atoms with E-state index in [-0.39, 0.29) is 102 Å². The number of aliphatic hydroxyl groups excluding tert-OH is 4. The van der Waals surface area contributed by atoms with E-state index in [1.165, 1.54) is 51.5 Å². The van der Waals surface area contributed by atoms with Crippen LogP contribution in [0.2, 0.25) is 0 Å². The molecule has 0 spiro atoms. The van der Waals surface area contributed by atoms with Crippen LogP contribution in [-0.2, 0) is 35.1 Å². The third kappa shape index (κ3) is 10.7. The first-order valence-corrected chi connectivity index (χ1v) is 22.0. The molecular formula is C47H55N3O19. The molecule has 0 bridgehead atoms. The number of phenolic OH excluding ortho intramolecular Hbond substituents is 2. The minimum Gasteiger partial charge on any atom is -0.507 e. The highest BCUT2D eigenvalue weighted by molar-refractivity contribution is 6.31. The smallest absolute Gasteiger partial charge is 0.256 e. The molecule has 2 aliphatic carbocycles. The number of Topliss-reactive ketones (excluding diaryl/α,β-unsaturated/α-hetero) is 2. The molecule has 69 heavy (non-hydrogen) atoms. The Kier molecular flexibility index (Phi) is 16.1. The number of nitrogens with one attached hydrogen (secondary N) is 2. The van der Waals surface area contributed by atoms with E-state index in [0.717, 1.165) is 0 Å². The molecule has 0 saturated carbocycles. The molecule has 3 amide bonds. The summed E-state index contributed by atoms with van der Waals surface area (Å²) >= 11 is 0. The van der Waals surface area contributed by atoms with E-state index in [0.29, 0.717) is 0 Å². The van der Waals surface area contributed by atoms with Gasteiger partial charge < -0.3 is 76.2 Å². The zero-order chi connectivity index (χ0) is 50.6. The van der Waals surface area contributed by atoms with Crippen molar-refractivity contribution in [1.29, 1.82) is 0 Å². The quantitative estimate of drug-likeness (QED) is 0.0427. The molecule has 0 radical (unpaired) electrons. The number of hydrogen-bond donors (Lipinski definition) is 11. The standard InChI is InChI=1S/C47H55N3O19/c1-20-40(58)25(50-32(56)9-4-6-21(52)10-12-26(53)27(54)13-15-33(57)49-24-11-14-29(67-3)37(43(24)61)46(48)64)16-34(68-20)69-30-18-47(65,31(55)19-51)17-23-36(30)45(63)39-38(42(23)60)41(59)22-7-5-8-28(66-2)35(22)44(39)62/h5,7-8,11,14,20,25-27,30,34,40,51,53-54,58,60-61,63,65H,4,6,9-10,12-13,15-19H2,1-3H3,(H2,48,64)(H,49,57)(H,50,56)/t20-,25-,26?,27?,30+,34?,40+,47-/m0/s1. The molecule has 22 nitrogen and oxygen atoms in total. The Balaban J connectivity index is 1.04. The van der Waals surface area contributed by atoms with Crippen LogP contribution < -0.4 is 25.8 Å². The van der Waals surface area contributed by atoms with E-state index in [9.17, 15) is 74.4 Å². The molecule has 22 heteroatoms. The third-order valence-electron chi connectivity index (χ3n) is 12.7. The number of ketones is 4. The molecule has 3 aliphatic rings. The van der Waals surface area contributed by atoms with Gasteiger partial charge >= 0.3 is 0 Å². The number of aromatic hydroxyl groups is 3. The second-order valence-corrected chi connectivity index (χ2v) is 17.2. The van der Waals surface area contributed by atoms with Crippen molar-refractivity contribution in [2.75, 3.05) is 26.1 Å². The number of rotatable bonds is 20. The molecule has 3 aromatic rings. The number of nitrogens with two attached hydrogens (primary N) is 1. The van der Waals surface area contributed by atoms with E-state index in [1.807, 2.05) is 0 Å². The molecular weight excluding hydrogens is 911 g/mol. The lowest BCUT2D eigenvalue weighted by atomic mass is 9.72. The maximum absolute atomic E-state index is 14.0. The van der Waals surface area contributed by atoms with Crippen LogP contribution in [-0.4, -0.2) is 145 Å². The van der Waals surface area contributed by atoms with Gasteiger partial charge in [0.05, 0.1) is 67.1 Å². The van der Waals surface area contributed by atoms with E-state index in [1.54, 1.807) is 0 Å². The van der Waals surface area contributed by atoms with Gasteiger partial charge in [-0.15, -0.1) is 0 Å². The van der Waals surface area contributed by atoms with Gasteiger partial charge in [-0.25, -0.2) is 0 Å². The van der Waals surface area contributed by atoms with Crippen molar-refractivity contribution in [2.45, 2.75) is 120 Å². The van der Waals surface area contributed by atoms with Gasteiger partial charge in [0, 0.05) is 61.6 Å². The number of ether oxygens (including phenoxy) is 4. The van der Waals surface area contributed by atoms with Crippen LogP contribution in [0.3, 0.4) is 0 Å². The molecule has 8 atom stereocenters. The number of anilines is 1. The van der Waals surface area contributed by atoms with Crippen LogP contribution in [0.15, 0.2) is 30.3 Å². The minimum absolute atomic E-state index is 0.00898. The summed E-state index contributed by atoms with van der Waals surface area (Å²) in [5.41, 5.74) is 0.443. The monoisotopic (exact) mass is 965 g/mol. The fourth-order valence-corrected chi connectivity index (χ4v) is 8.98. The Hall–Kier alpha value is -6.53. The van der Waals surface area contributed by atoms with Crippen molar-refractivity contribution in [2.24, 2.45) is 5.73 Å². The minimum atomic E-state index is -2.40. The lowest BCUT2D eigenvalue weighted by Gasteiger charge is -2.43. The van der Waals surface area contributed by atoms with Gasteiger partial charge in [-0.3, -0.25) is 33.6 Å². The van der Waals surface area contributed by atoms with Gasteiger partial charge in [-0.05, 0) is 44.4 Å². The molecule has 3 unspecified atom stereocenters. The maximum atomic E-state index is 14.0. The first-order valence-electron chi connectivity index (χ1n) is 22.0. The SMILES string of the molecule is COc1cccc2c1C(=O)c1c(O)c3c(c(O)c1C2=O)C[C@@](O)(C(=O)CO)C[C@H]3OC1C[C@H](NC(=O)CCCC(=O)CCC(O)C(O)CCC(=O)Nc2ccc(OC)c(C(N)=O)c2O)[C@H](O)[C@H](C)O1. The van der Waals surface area contributed by atoms with E-state index in [2.05, 4.69) is 10.6 Å². The Morgan fingerprint density at radius 3 is 2.17 bits per heavy atom. The predicted molar refractivity (Wildman–Crippen MR) is 237 cm³/mol. The van der Waals surface area contributed by atoms with Crippen molar-refractivity contribution in [3.63, 3.8) is 0 Å². The molecule has 0 aromatic heterocycles. The van der Waals surface area contributed by atoms with Crippen LogP contribution in [0.4, 0.5) is 5.69 Å². The summed E-state index contributed by atoms with van der Waals surface area (Å²) in [7, 11) is 2.54. The number of primary amides is 1. The zero-order valence-electron chi connectivity index (χ0n) is 37.9. The molecule has 1 heterocycles. The van der Waals surface area contributed by atoms with Gasteiger partial charge in [0.1, 0.15) is 52.7 Å². The summed E-state index contributed by atoms with van der Waals surface area (Å²) < 4.78 is 22.4. The summed E-state index contributed by atoms with van der Waals surface area (Å²) in [4.78, 5) is 90.8.